The summed E-state index contributed by atoms with van der Waals surface area (Å²) < 4.78 is 0.656. The molecule has 5 nitrogen and oxygen atoms in total. The zero-order valence-electron chi connectivity index (χ0n) is 14.4. The summed E-state index contributed by atoms with van der Waals surface area (Å²) >= 11 is 17.0. The number of amides is 2. The maximum Gasteiger partial charge on any atom is 0.253 e. The van der Waals surface area contributed by atoms with Gasteiger partial charge in [0.1, 0.15) is 6.04 Å². The van der Waals surface area contributed by atoms with E-state index in [-0.39, 0.29) is 27.5 Å². The summed E-state index contributed by atoms with van der Waals surface area (Å²) in [5, 5.41) is 6.01. The van der Waals surface area contributed by atoms with Crippen molar-refractivity contribution in [1.29, 1.82) is 0 Å². The van der Waals surface area contributed by atoms with Crippen LogP contribution in [0.2, 0.25) is 10.0 Å². The summed E-state index contributed by atoms with van der Waals surface area (Å²) in [6.07, 6.45) is 2.41. The van der Waals surface area contributed by atoms with E-state index in [2.05, 4.69) is 26.6 Å². The van der Waals surface area contributed by atoms with Gasteiger partial charge in [0.05, 0.1) is 21.3 Å². The molecule has 1 atom stereocenters. The molecular formula is C18H18BrCl2N3O2S. The van der Waals surface area contributed by atoms with Crippen LogP contribution in [0.15, 0.2) is 40.9 Å². The average molecular weight is 491 g/mol. The Bertz CT molecular complexity index is 828. The third-order valence-electron chi connectivity index (χ3n) is 3.70. The highest BCUT2D eigenvalue weighted by atomic mass is 79.9. The lowest BCUT2D eigenvalue weighted by molar-refractivity contribution is -0.118. The largest absolute Gasteiger partial charge is 0.396 e. The minimum atomic E-state index is -0.716. The second-order valence-electron chi connectivity index (χ2n) is 5.63. The molecule has 2 amide bonds. The molecule has 0 radical (unpaired) electrons. The summed E-state index contributed by atoms with van der Waals surface area (Å²) in [5.41, 5.74) is 6.83. The Balaban J connectivity index is 2.16. The fourth-order valence-electron chi connectivity index (χ4n) is 2.27. The van der Waals surface area contributed by atoms with Crippen molar-refractivity contribution in [2.24, 2.45) is 0 Å². The number of nitrogens with one attached hydrogen (secondary N) is 2. The van der Waals surface area contributed by atoms with Crippen LogP contribution in [-0.4, -0.2) is 29.9 Å². The van der Waals surface area contributed by atoms with Gasteiger partial charge in [0.2, 0.25) is 5.91 Å². The van der Waals surface area contributed by atoms with Gasteiger partial charge in [-0.2, -0.15) is 11.8 Å². The molecule has 144 valence electrons. The van der Waals surface area contributed by atoms with E-state index in [0.29, 0.717) is 27.9 Å². The molecule has 0 aliphatic carbocycles. The Morgan fingerprint density at radius 1 is 1.22 bits per heavy atom. The number of thioether (sulfide) groups is 1. The van der Waals surface area contributed by atoms with Gasteiger partial charge in [-0.1, -0.05) is 35.3 Å². The Kier molecular flexibility index (Phi) is 8.28. The van der Waals surface area contributed by atoms with E-state index < -0.39 is 6.04 Å². The van der Waals surface area contributed by atoms with Crippen LogP contribution in [0.25, 0.3) is 0 Å². The van der Waals surface area contributed by atoms with Gasteiger partial charge in [-0.3, -0.25) is 9.59 Å². The van der Waals surface area contributed by atoms with E-state index in [0.717, 1.165) is 0 Å². The number of anilines is 2. The zero-order chi connectivity index (χ0) is 20.0. The number of hydrogen-bond donors (Lipinski definition) is 3. The normalized spacial score (nSPS) is 11.7. The SMILES string of the molecule is CSCCC(NC(=O)c1ccccc1Br)C(=O)Nc1cc(Cl)c(N)c(Cl)c1. The van der Waals surface area contributed by atoms with E-state index >= 15 is 0 Å². The lowest BCUT2D eigenvalue weighted by atomic mass is 10.1. The Morgan fingerprint density at radius 3 is 2.44 bits per heavy atom. The Hall–Kier alpha value is -1.41. The highest BCUT2D eigenvalue weighted by Gasteiger charge is 2.22. The van der Waals surface area contributed by atoms with Crippen LogP contribution in [0.3, 0.4) is 0 Å². The molecule has 0 aliphatic heterocycles. The minimum Gasteiger partial charge on any atom is -0.396 e. The van der Waals surface area contributed by atoms with E-state index in [1.807, 2.05) is 12.3 Å². The fraction of sp³-hybridized carbons (Fsp3) is 0.222. The molecule has 0 aliphatic rings. The number of halogens is 3. The molecular weight excluding hydrogens is 473 g/mol. The first kappa shape index (κ1) is 21.9. The molecule has 0 saturated carbocycles. The molecule has 4 N–H and O–H groups in total. The van der Waals surface area contributed by atoms with Crippen molar-refractivity contribution >= 4 is 74.1 Å². The lowest BCUT2D eigenvalue weighted by Gasteiger charge is -2.19. The molecule has 0 heterocycles. The van der Waals surface area contributed by atoms with Crippen molar-refractivity contribution in [2.45, 2.75) is 12.5 Å². The predicted octanol–water partition coefficient (Wildman–Crippen LogP) is 4.83. The van der Waals surface area contributed by atoms with Crippen LogP contribution < -0.4 is 16.4 Å². The van der Waals surface area contributed by atoms with Crippen molar-refractivity contribution in [3.05, 3.63) is 56.5 Å². The van der Waals surface area contributed by atoms with E-state index in [9.17, 15) is 9.59 Å². The van der Waals surface area contributed by atoms with Gasteiger partial charge in [0.25, 0.3) is 5.91 Å². The quantitative estimate of drug-likeness (QED) is 0.485. The van der Waals surface area contributed by atoms with Crippen molar-refractivity contribution in [1.82, 2.24) is 5.32 Å². The highest BCUT2D eigenvalue weighted by molar-refractivity contribution is 9.10. The van der Waals surface area contributed by atoms with E-state index in [4.69, 9.17) is 28.9 Å². The number of carbonyl (C=O) groups excluding carboxylic acids is 2. The highest BCUT2D eigenvalue weighted by Crippen LogP contribution is 2.31. The molecule has 2 rings (SSSR count). The van der Waals surface area contributed by atoms with Gasteiger partial charge in [0.15, 0.2) is 0 Å². The Labute approximate surface area is 180 Å². The van der Waals surface area contributed by atoms with Crippen molar-refractivity contribution in [3.8, 4) is 0 Å². The number of nitrogens with two attached hydrogens (primary N) is 1. The minimum absolute atomic E-state index is 0.246. The topological polar surface area (TPSA) is 84.2 Å². The summed E-state index contributed by atoms with van der Waals surface area (Å²) in [6, 6.07) is 9.34. The predicted molar refractivity (Wildman–Crippen MR) is 118 cm³/mol. The van der Waals surface area contributed by atoms with E-state index in [1.165, 1.54) is 12.1 Å². The van der Waals surface area contributed by atoms with Gasteiger partial charge in [-0.25, -0.2) is 0 Å². The smallest absolute Gasteiger partial charge is 0.253 e. The third-order valence-corrected chi connectivity index (χ3v) is 5.66. The molecule has 9 heteroatoms. The molecule has 0 aromatic heterocycles. The maximum absolute atomic E-state index is 12.7. The first-order chi connectivity index (χ1) is 12.8. The Morgan fingerprint density at radius 2 is 1.85 bits per heavy atom. The van der Waals surface area contributed by atoms with Gasteiger partial charge in [-0.15, -0.1) is 0 Å². The molecule has 0 bridgehead atoms. The molecule has 0 saturated heterocycles. The van der Waals surface area contributed by atoms with E-state index in [1.54, 1.807) is 30.0 Å². The van der Waals surface area contributed by atoms with Crippen LogP contribution in [0.1, 0.15) is 16.8 Å². The van der Waals surface area contributed by atoms with Crippen LogP contribution >= 0.6 is 50.9 Å². The number of nitrogen functional groups attached to an aromatic ring is 1. The second-order valence-corrected chi connectivity index (χ2v) is 8.28. The number of carbonyl (C=O) groups is 2. The van der Waals surface area contributed by atoms with Crippen molar-refractivity contribution in [2.75, 3.05) is 23.1 Å². The molecule has 2 aromatic rings. The molecule has 0 fully saturated rings. The standard InChI is InChI=1S/C18H18BrCl2N3O2S/c1-27-7-6-15(24-17(25)11-4-2-3-5-12(11)19)18(26)23-10-8-13(20)16(22)14(21)9-10/h2-5,8-9,15H,6-7,22H2,1H3,(H,23,26)(H,24,25). The number of hydrogen-bond acceptors (Lipinski definition) is 4. The van der Waals surface area contributed by atoms with Crippen LogP contribution in [0.5, 0.6) is 0 Å². The summed E-state index contributed by atoms with van der Waals surface area (Å²) in [7, 11) is 0. The van der Waals surface area contributed by atoms with Crippen LogP contribution in [0.4, 0.5) is 11.4 Å². The number of benzene rings is 2. The molecule has 2 aromatic carbocycles. The van der Waals surface area contributed by atoms with Gasteiger partial charge < -0.3 is 16.4 Å². The molecule has 27 heavy (non-hydrogen) atoms. The van der Waals surface area contributed by atoms with Crippen molar-refractivity contribution in [3.63, 3.8) is 0 Å². The second kappa shape index (κ2) is 10.2. The summed E-state index contributed by atoms with van der Waals surface area (Å²) in [4.78, 5) is 25.3. The lowest BCUT2D eigenvalue weighted by Crippen LogP contribution is -2.44. The molecule has 0 spiro atoms. The molecule has 1 unspecified atom stereocenters. The fourth-order valence-corrected chi connectivity index (χ4v) is 3.70. The number of rotatable bonds is 7. The summed E-state index contributed by atoms with van der Waals surface area (Å²) in [6.45, 7) is 0. The van der Waals surface area contributed by atoms with Gasteiger partial charge >= 0.3 is 0 Å². The maximum atomic E-state index is 12.7. The van der Waals surface area contributed by atoms with Crippen LogP contribution in [0, 0.1) is 0 Å². The summed E-state index contributed by atoms with van der Waals surface area (Å²) in [5.74, 6) is 0.0101. The monoisotopic (exact) mass is 489 g/mol. The van der Waals surface area contributed by atoms with Gasteiger partial charge in [0, 0.05) is 10.2 Å². The van der Waals surface area contributed by atoms with Gasteiger partial charge in [-0.05, 0) is 58.6 Å². The average Bonchev–Trinajstić information content (AvgIpc) is 2.63. The first-order valence-corrected chi connectivity index (χ1v) is 10.9. The van der Waals surface area contributed by atoms with Crippen molar-refractivity contribution < 1.29 is 9.59 Å². The zero-order valence-corrected chi connectivity index (χ0v) is 18.3. The first-order valence-electron chi connectivity index (χ1n) is 7.93. The third kappa shape index (κ3) is 6.04. The van der Waals surface area contributed by atoms with Crippen LogP contribution in [-0.2, 0) is 4.79 Å².